The van der Waals surface area contributed by atoms with Gasteiger partial charge in [-0.25, -0.2) is 0 Å². The Balaban J connectivity index is 1.65. The summed E-state index contributed by atoms with van der Waals surface area (Å²) in [5.74, 6) is -0.756. The average molecular weight is 407 g/mol. The number of hydrogen-bond donors (Lipinski definition) is 1. The monoisotopic (exact) mass is 406 g/mol. The van der Waals surface area contributed by atoms with Crippen LogP contribution >= 0.6 is 11.3 Å². The summed E-state index contributed by atoms with van der Waals surface area (Å²) in [7, 11) is 0. The van der Waals surface area contributed by atoms with Crippen molar-refractivity contribution in [1.29, 1.82) is 0 Å². The van der Waals surface area contributed by atoms with Crippen LogP contribution in [0.2, 0.25) is 0 Å². The van der Waals surface area contributed by atoms with Crippen LogP contribution in [0.1, 0.15) is 24.1 Å². The molecule has 1 unspecified atom stereocenters. The number of carbonyl (C=O) groups is 1. The largest absolute Gasteiger partial charge is 0.480 e. The Kier molecular flexibility index (Phi) is 6.09. The first kappa shape index (κ1) is 19.8. The second-order valence-corrected chi connectivity index (χ2v) is 8.57. The minimum Gasteiger partial charge on any atom is -0.480 e. The van der Waals surface area contributed by atoms with Crippen molar-refractivity contribution < 1.29 is 9.90 Å². The van der Waals surface area contributed by atoms with Gasteiger partial charge >= 0.3 is 5.97 Å². The molecule has 0 saturated carbocycles. The highest BCUT2D eigenvalue weighted by Crippen LogP contribution is 2.34. The van der Waals surface area contributed by atoms with Crippen molar-refractivity contribution in [2.24, 2.45) is 0 Å². The molecule has 150 valence electrons. The molecule has 0 spiro atoms. The molecule has 0 bridgehead atoms. The molecular weight excluding hydrogens is 380 g/mol. The standard InChI is InChI=1S/C24H26N2O2S/c1-18-16-26(13-12-25(18)17-23(27)28)24(19-7-3-2-4-8-19)21-10-5-9-20(15-21)22-11-6-14-29-22/h2-11,14-15,18,24H,12-13,16-17H2,1H3,(H,27,28)/t18?,24-/m1/s1. The molecular formula is C24H26N2O2S. The van der Waals surface area contributed by atoms with Crippen LogP contribution in [0.4, 0.5) is 0 Å². The van der Waals surface area contributed by atoms with Gasteiger partial charge in [-0.1, -0.05) is 54.6 Å². The maximum Gasteiger partial charge on any atom is 0.317 e. The van der Waals surface area contributed by atoms with Crippen molar-refractivity contribution in [2.75, 3.05) is 26.2 Å². The maximum absolute atomic E-state index is 11.2. The first-order chi connectivity index (χ1) is 14.1. The van der Waals surface area contributed by atoms with Crippen molar-refractivity contribution in [1.82, 2.24) is 9.80 Å². The van der Waals surface area contributed by atoms with Crippen LogP contribution in [0.5, 0.6) is 0 Å². The highest BCUT2D eigenvalue weighted by atomic mass is 32.1. The first-order valence-electron chi connectivity index (χ1n) is 10.0. The maximum atomic E-state index is 11.2. The zero-order chi connectivity index (χ0) is 20.2. The molecule has 1 saturated heterocycles. The molecule has 2 atom stereocenters. The van der Waals surface area contributed by atoms with Crippen molar-refractivity contribution in [3.05, 3.63) is 83.2 Å². The molecule has 1 fully saturated rings. The van der Waals surface area contributed by atoms with E-state index in [9.17, 15) is 9.90 Å². The Hall–Kier alpha value is -2.47. The van der Waals surface area contributed by atoms with Gasteiger partial charge in [0.05, 0.1) is 12.6 Å². The summed E-state index contributed by atoms with van der Waals surface area (Å²) in [6, 6.07) is 24.1. The van der Waals surface area contributed by atoms with E-state index in [1.807, 2.05) is 0 Å². The highest BCUT2D eigenvalue weighted by Gasteiger charge is 2.31. The summed E-state index contributed by atoms with van der Waals surface area (Å²) >= 11 is 1.76. The van der Waals surface area contributed by atoms with Crippen LogP contribution in [-0.2, 0) is 4.79 Å². The summed E-state index contributed by atoms with van der Waals surface area (Å²) in [5.41, 5.74) is 3.80. The molecule has 1 aliphatic heterocycles. The molecule has 1 aromatic heterocycles. The van der Waals surface area contributed by atoms with E-state index in [2.05, 4.69) is 88.8 Å². The minimum absolute atomic E-state index is 0.110. The van der Waals surface area contributed by atoms with Crippen LogP contribution in [0.15, 0.2) is 72.1 Å². The zero-order valence-corrected chi connectivity index (χ0v) is 17.4. The van der Waals surface area contributed by atoms with E-state index in [1.165, 1.54) is 21.6 Å². The van der Waals surface area contributed by atoms with Gasteiger partial charge in [-0.3, -0.25) is 14.6 Å². The molecule has 1 aliphatic rings. The van der Waals surface area contributed by atoms with Gasteiger partial charge in [0.1, 0.15) is 0 Å². The van der Waals surface area contributed by atoms with Crippen molar-refractivity contribution >= 4 is 17.3 Å². The lowest BCUT2D eigenvalue weighted by molar-refractivity contribution is -0.139. The molecule has 0 aliphatic carbocycles. The van der Waals surface area contributed by atoms with Gasteiger partial charge in [0.25, 0.3) is 0 Å². The number of piperazine rings is 1. The fourth-order valence-electron chi connectivity index (χ4n) is 4.22. The van der Waals surface area contributed by atoms with E-state index in [1.54, 1.807) is 11.3 Å². The zero-order valence-electron chi connectivity index (χ0n) is 16.6. The quantitative estimate of drug-likeness (QED) is 0.650. The molecule has 4 rings (SSSR count). The third-order valence-electron chi connectivity index (χ3n) is 5.62. The lowest BCUT2D eigenvalue weighted by atomic mass is 9.94. The van der Waals surface area contributed by atoms with Gasteiger partial charge in [-0.2, -0.15) is 0 Å². The SMILES string of the molecule is CC1CN([C@H](c2ccccc2)c2cccc(-c3cccs3)c2)CCN1CC(=O)O. The fraction of sp³-hybridized carbons (Fsp3) is 0.292. The highest BCUT2D eigenvalue weighted by molar-refractivity contribution is 7.13. The van der Waals surface area contributed by atoms with Crippen molar-refractivity contribution in [2.45, 2.75) is 19.0 Å². The molecule has 0 radical (unpaired) electrons. The molecule has 3 aromatic rings. The van der Waals surface area contributed by atoms with E-state index in [-0.39, 0.29) is 18.6 Å². The van der Waals surface area contributed by atoms with Crippen LogP contribution in [0.25, 0.3) is 10.4 Å². The van der Waals surface area contributed by atoms with Gasteiger partial charge in [0.2, 0.25) is 0 Å². The van der Waals surface area contributed by atoms with Crippen molar-refractivity contribution in [3.8, 4) is 10.4 Å². The lowest BCUT2D eigenvalue weighted by Crippen LogP contribution is -2.54. The van der Waals surface area contributed by atoms with Crippen LogP contribution < -0.4 is 0 Å². The third-order valence-corrected chi connectivity index (χ3v) is 6.54. The fourth-order valence-corrected chi connectivity index (χ4v) is 4.94. The summed E-state index contributed by atoms with van der Waals surface area (Å²) in [6.07, 6.45) is 0. The molecule has 2 aromatic carbocycles. The van der Waals surface area contributed by atoms with Gasteiger partial charge < -0.3 is 5.11 Å². The first-order valence-corrected chi connectivity index (χ1v) is 10.9. The van der Waals surface area contributed by atoms with Gasteiger partial charge in [-0.05, 0) is 41.1 Å². The molecule has 1 N–H and O–H groups in total. The van der Waals surface area contributed by atoms with Gasteiger partial charge in [-0.15, -0.1) is 11.3 Å². The summed E-state index contributed by atoms with van der Waals surface area (Å²) in [5, 5.41) is 11.3. The van der Waals surface area contributed by atoms with Crippen molar-refractivity contribution in [3.63, 3.8) is 0 Å². The molecule has 29 heavy (non-hydrogen) atoms. The van der Waals surface area contributed by atoms with Gasteiger partial charge in [0.15, 0.2) is 0 Å². The molecule has 5 heteroatoms. The summed E-state index contributed by atoms with van der Waals surface area (Å²) < 4.78 is 0. The van der Waals surface area contributed by atoms with Crippen LogP contribution in [-0.4, -0.2) is 53.1 Å². The molecule has 4 nitrogen and oxygen atoms in total. The normalized spacial score (nSPS) is 19.1. The smallest absolute Gasteiger partial charge is 0.317 e. The number of hydrogen-bond acceptors (Lipinski definition) is 4. The van der Waals surface area contributed by atoms with Crippen LogP contribution in [0.3, 0.4) is 0 Å². The Morgan fingerprint density at radius 1 is 1.07 bits per heavy atom. The second kappa shape index (κ2) is 8.91. The van der Waals surface area contributed by atoms with E-state index >= 15 is 0 Å². The van der Waals surface area contributed by atoms with Crippen LogP contribution in [0, 0.1) is 0 Å². The number of carboxylic acid groups (broad SMARTS) is 1. The summed E-state index contributed by atoms with van der Waals surface area (Å²) in [6.45, 7) is 4.69. The Morgan fingerprint density at radius 2 is 1.86 bits per heavy atom. The van der Waals surface area contributed by atoms with E-state index in [0.29, 0.717) is 0 Å². The number of benzene rings is 2. The average Bonchev–Trinajstić information content (AvgIpc) is 3.26. The number of aliphatic carboxylic acids is 1. The number of thiophene rings is 1. The third kappa shape index (κ3) is 4.58. The topological polar surface area (TPSA) is 43.8 Å². The second-order valence-electron chi connectivity index (χ2n) is 7.62. The van der Waals surface area contributed by atoms with E-state index in [4.69, 9.17) is 0 Å². The molecule has 2 heterocycles. The summed E-state index contributed by atoms with van der Waals surface area (Å²) in [4.78, 5) is 17.0. The number of carboxylic acids is 1. The van der Waals surface area contributed by atoms with E-state index < -0.39 is 5.97 Å². The van der Waals surface area contributed by atoms with E-state index in [0.717, 1.165) is 19.6 Å². The Labute approximate surface area is 176 Å². The minimum atomic E-state index is -0.756. The Bertz CT molecular complexity index is 943. The predicted molar refractivity (Wildman–Crippen MR) is 118 cm³/mol. The number of rotatable bonds is 6. The lowest BCUT2D eigenvalue weighted by Gasteiger charge is -2.43. The Morgan fingerprint density at radius 3 is 2.55 bits per heavy atom. The molecule has 0 amide bonds. The van der Waals surface area contributed by atoms with Gasteiger partial charge in [0, 0.05) is 30.6 Å². The number of nitrogens with zero attached hydrogens (tertiary/aromatic N) is 2. The predicted octanol–water partition coefficient (Wildman–Crippen LogP) is 4.60.